The first-order valence-corrected chi connectivity index (χ1v) is 8.76. The van der Waals surface area contributed by atoms with Crippen LogP contribution >= 0.6 is 11.8 Å². The highest BCUT2D eigenvalue weighted by Crippen LogP contribution is 2.31. The Hall–Kier alpha value is -2.27. The molecule has 1 N–H and O–H groups in total. The molecule has 124 valence electrons. The Balaban J connectivity index is 2.14. The number of carbonyl (C=O) groups excluding carboxylic acids is 2. The monoisotopic (exact) mass is 340 g/mol. The minimum atomic E-state index is -0.319. The van der Waals surface area contributed by atoms with Gasteiger partial charge < -0.3 is 4.57 Å². The number of amides is 2. The standard InChI is InChI=1S/C19H20N2O2S/c1-5-14-8-6-7-11(2)17(14)21-12(3)9-15(13(21)4)10-16-18(22)20-19(23)24-16/h6-10H,5H2,1-4H3,(H,20,22,23)/b16-10+. The Morgan fingerprint density at radius 2 is 1.96 bits per heavy atom. The summed E-state index contributed by atoms with van der Waals surface area (Å²) in [6.45, 7) is 8.38. The zero-order valence-electron chi connectivity index (χ0n) is 14.3. The van der Waals surface area contributed by atoms with E-state index in [0.29, 0.717) is 4.91 Å². The van der Waals surface area contributed by atoms with E-state index in [9.17, 15) is 9.59 Å². The maximum Gasteiger partial charge on any atom is 0.290 e. The van der Waals surface area contributed by atoms with Crippen molar-refractivity contribution >= 4 is 29.0 Å². The van der Waals surface area contributed by atoms with Crippen LogP contribution in [-0.2, 0) is 11.2 Å². The van der Waals surface area contributed by atoms with E-state index >= 15 is 0 Å². The molecule has 3 rings (SSSR count). The molecule has 1 fully saturated rings. The second kappa shape index (κ2) is 6.32. The molecule has 1 aliphatic heterocycles. The molecular formula is C19H20N2O2S. The van der Waals surface area contributed by atoms with E-state index in [1.807, 2.05) is 6.92 Å². The third-order valence-corrected chi connectivity index (χ3v) is 5.14. The quantitative estimate of drug-likeness (QED) is 0.848. The smallest absolute Gasteiger partial charge is 0.290 e. The second-order valence-electron chi connectivity index (χ2n) is 5.95. The lowest BCUT2D eigenvalue weighted by Gasteiger charge is -2.17. The van der Waals surface area contributed by atoms with Gasteiger partial charge in [0.2, 0.25) is 0 Å². The fourth-order valence-electron chi connectivity index (χ4n) is 3.17. The topological polar surface area (TPSA) is 51.1 Å². The fraction of sp³-hybridized carbons (Fsp3) is 0.263. The molecule has 0 aliphatic carbocycles. The third kappa shape index (κ3) is 2.80. The van der Waals surface area contributed by atoms with Crippen LogP contribution in [0.5, 0.6) is 0 Å². The first-order valence-electron chi connectivity index (χ1n) is 7.95. The number of thioether (sulfide) groups is 1. The lowest BCUT2D eigenvalue weighted by Crippen LogP contribution is -2.17. The predicted octanol–water partition coefficient (Wildman–Crippen LogP) is 4.29. The average molecular weight is 340 g/mol. The Labute approximate surface area is 145 Å². The van der Waals surface area contributed by atoms with Gasteiger partial charge >= 0.3 is 0 Å². The van der Waals surface area contributed by atoms with Gasteiger partial charge in [0.05, 0.1) is 10.6 Å². The lowest BCUT2D eigenvalue weighted by molar-refractivity contribution is -0.115. The van der Waals surface area contributed by atoms with Gasteiger partial charge in [-0.2, -0.15) is 0 Å². The largest absolute Gasteiger partial charge is 0.317 e. The number of nitrogens with one attached hydrogen (secondary N) is 1. The van der Waals surface area contributed by atoms with Crippen LogP contribution in [0.4, 0.5) is 4.79 Å². The summed E-state index contributed by atoms with van der Waals surface area (Å²) in [5, 5.41) is 1.98. The number of hydrogen-bond acceptors (Lipinski definition) is 3. The van der Waals surface area contributed by atoms with Crippen molar-refractivity contribution in [2.45, 2.75) is 34.1 Å². The molecule has 0 atom stereocenters. The van der Waals surface area contributed by atoms with Crippen LogP contribution in [0.25, 0.3) is 11.8 Å². The van der Waals surface area contributed by atoms with E-state index in [1.165, 1.54) is 16.8 Å². The van der Waals surface area contributed by atoms with Gasteiger partial charge in [-0.1, -0.05) is 25.1 Å². The van der Waals surface area contributed by atoms with Gasteiger partial charge in [-0.25, -0.2) is 0 Å². The van der Waals surface area contributed by atoms with E-state index in [4.69, 9.17) is 0 Å². The molecule has 0 radical (unpaired) electrons. The van der Waals surface area contributed by atoms with Crippen molar-refractivity contribution in [3.63, 3.8) is 0 Å². The molecule has 1 saturated heterocycles. The summed E-state index contributed by atoms with van der Waals surface area (Å²) in [5.41, 5.74) is 6.86. The first-order chi connectivity index (χ1) is 11.4. The molecule has 0 saturated carbocycles. The van der Waals surface area contributed by atoms with Gasteiger partial charge in [0.15, 0.2) is 0 Å². The number of carbonyl (C=O) groups is 2. The van der Waals surface area contributed by atoms with Crippen LogP contribution in [0.3, 0.4) is 0 Å². The van der Waals surface area contributed by atoms with Crippen LogP contribution in [0.15, 0.2) is 29.2 Å². The van der Waals surface area contributed by atoms with Crippen LogP contribution in [-0.4, -0.2) is 15.7 Å². The zero-order valence-corrected chi connectivity index (χ0v) is 15.1. The zero-order chi connectivity index (χ0) is 17.4. The normalized spacial score (nSPS) is 16.1. The number of benzene rings is 1. The second-order valence-corrected chi connectivity index (χ2v) is 6.97. The minimum Gasteiger partial charge on any atom is -0.317 e. The summed E-state index contributed by atoms with van der Waals surface area (Å²) in [7, 11) is 0. The molecule has 24 heavy (non-hydrogen) atoms. The third-order valence-electron chi connectivity index (χ3n) is 4.32. The highest BCUT2D eigenvalue weighted by Gasteiger charge is 2.25. The summed E-state index contributed by atoms with van der Waals surface area (Å²) in [6.07, 6.45) is 2.75. The number of aryl methyl sites for hydroxylation is 3. The van der Waals surface area contributed by atoms with Gasteiger partial charge in [0.1, 0.15) is 0 Å². The average Bonchev–Trinajstić information content (AvgIpc) is 2.99. The number of nitrogens with zero attached hydrogens (tertiary/aromatic N) is 1. The van der Waals surface area contributed by atoms with Crippen molar-refractivity contribution in [1.29, 1.82) is 0 Å². The molecule has 1 aliphatic rings. The minimum absolute atomic E-state index is 0.313. The predicted molar refractivity (Wildman–Crippen MR) is 98.5 cm³/mol. The summed E-state index contributed by atoms with van der Waals surface area (Å²) >= 11 is 0.951. The molecular weight excluding hydrogens is 320 g/mol. The van der Waals surface area contributed by atoms with Crippen molar-refractivity contribution < 1.29 is 9.59 Å². The Kier molecular flexibility index (Phi) is 4.37. The SMILES string of the molecule is CCc1cccc(C)c1-n1c(C)cc(/C=C2/SC(=O)NC2=O)c1C. The van der Waals surface area contributed by atoms with Crippen LogP contribution in [0, 0.1) is 20.8 Å². The van der Waals surface area contributed by atoms with E-state index in [2.05, 4.69) is 54.9 Å². The summed E-state index contributed by atoms with van der Waals surface area (Å²) in [5.74, 6) is -0.319. The number of aromatic nitrogens is 1. The molecule has 0 bridgehead atoms. The number of rotatable bonds is 3. The number of imide groups is 1. The van der Waals surface area contributed by atoms with Gasteiger partial charge in [-0.15, -0.1) is 0 Å². The molecule has 1 aromatic heterocycles. The lowest BCUT2D eigenvalue weighted by atomic mass is 10.1. The highest BCUT2D eigenvalue weighted by molar-refractivity contribution is 8.18. The molecule has 0 unspecified atom stereocenters. The van der Waals surface area contributed by atoms with Crippen molar-refractivity contribution in [3.05, 3.63) is 57.2 Å². The van der Waals surface area contributed by atoms with Gasteiger partial charge in [-0.3, -0.25) is 14.9 Å². The highest BCUT2D eigenvalue weighted by atomic mass is 32.2. The summed E-state index contributed by atoms with van der Waals surface area (Å²) in [4.78, 5) is 23.6. The molecule has 1 aromatic carbocycles. The first kappa shape index (κ1) is 16.6. The molecule has 2 heterocycles. The van der Waals surface area contributed by atoms with Crippen molar-refractivity contribution in [1.82, 2.24) is 9.88 Å². The fourth-order valence-corrected chi connectivity index (χ4v) is 3.84. The molecule has 2 amide bonds. The number of para-hydroxylation sites is 1. The van der Waals surface area contributed by atoms with E-state index in [-0.39, 0.29) is 11.1 Å². The number of hydrogen-bond donors (Lipinski definition) is 1. The Morgan fingerprint density at radius 1 is 1.21 bits per heavy atom. The van der Waals surface area contributed by atoms with E-state index in [0.717, 1.165) is 35.1 Å². The Bertz CT molecular complexity index is 878. The van der Waals surface area contributed by atoms with Crippen molar-refractivity contribution in [2.24, 2.45) is 0 Å². The van der Waals surface area contributed by atoms with Crippen molar-refractivity contribution in [3.8, 4) is 5.69 Å². The summed E-state index contributed by atoms with van der Waals surface area (Å²) < 4.78 is 2.24. The van der Waals surface area contributed by atoms with Gasteiger partial charge in [0, 0.05) is 11.4 Å². The van der Waals surface area contributed by atoms with Crippen LogP contribution in [0.1, 0.15) is 35.0 Å². The van der Waals surface area contributed by atoms with E-state index in [1.54, 1.807) is 6.08 Å². The van der Waals surface area contributed by atoms with Crippen molar-refractivity contribution in [2.75, 3.05) is 0 Å². The van der Waals surface area contributed by atoms with Crippen LogP contribution in [0.2, 0.25) is 0 Å². The van der Waals surface area contributed by atoms with Gasteiger partial charge in [-0.05, 0) is 67.8 Å². The molecule has 0 spiro atoms. The molecule has 2 aromatic rings. The van der Waals surface area contributed by atoms with E-state index < -0.39 is 0 Å². The molecule has 5 heteroatoms. The van der Waals surface area contributed by atoms with Gasteiger partial charge in [0.25, 0.3) is 11.1 Å². The Morgan fingerprint density at radius 3 is 2.58 bits per heavy atom. The molecule has 4 nitrogen and oxygen atoms in total. The van der Waals surface area contributed by atoms with Crippen LogP contribution < -0.4 is 5.32 Å². The summed E-state index contributed by atoms with van der Waals surface area (Å²) in [6, 6.07) is 8.41. The maximum absolute atomic E-state index is 11.8. The maximum atomic E-state index is 11.8.